The van der Waals surface area contributed by atoms with E-state index in [1.165, 1.54) is 5.56 Å². The van der Waals surface area contributed by atoms with Crippen molar-refractivity contribution in [2.75, 3.05) is 62.3 Å². The van der Waals surface area contributed by atoms with Crippen molar-refractivity contribution in [2.45, 2.75) is 78.9 Å². The highest BCUT2D eigenvalue weighted by molar-refractivity contribution is 7.91. The topological polar surface area (TPSA) is 99.3 Å². The van der Waals surface area contributed by atoms with E-state index in [1.54, 1.807) is 0 Å². The number of nitrogens with one attached hydrogen (secondary N) is 1. The van der Waals surface area contributed by atoms with Gasteiger partial charge in [-0.3, -0.25) is 14.5 Å². The molecular formula is C37H54N4O5S. The molecule has 0 radical (unpaired) electrons. The Balaban J connectivity index is 1.43. The number of rotatable bonds is 11. The molecule has 0 aliphatic carbocycles. The maximum absolute atomic E-state index is 14.0. The highest BCUT2D eigenvalue weighted by atomic mass is 32.2. The van der Waals surface area contributed by atoms with Crippen molar-refractivity contribution < 1.29 is 22.7 Å². The Bertz CT molecular complexity index is 1490. The predicted octanol–water partition coefficient (Wildman–Crippen LogP) is 4.91. The molecule has 9 nitrogen and oxygen atoms in total. The normalized spacial score (nSPS) is 23.9. The van der Waals surface area contributed by atoms with Crippen LogP contribution in [0, 0.1) is 18.8 Å². The zero-order valence-electron chi connectivity index (χ0n) is 29.0. The number of likely N-dealkylation sites (tertiary alicyclic amines) is 1. The predicted molar refractivity (Wildman–Crippen MR) is 188 cm³/mol. The summed E-state index contributed by atoms with van der Waals surface area (Å²) in [5.74, 6) is 0.254. The fourth-order valence-corrected chi connectivity index (χ4v) is 9.16. The lowest BCUT2D eigenvalue weighted by atomic mass is 9.82. The maximum Gasteiger partial charge on any atom is 0.251 e. The van der Waals surface area contributed by atoms with Gasteiger partial charge in [0.1, 0.15) is 9.84 Å². The first-order chi connectivity index (χ1) is 22.5. The van der Waals surface area contributed by atoms with E-state index in [1.807, 2.05) is 17.9 Å². The Morgan fingerprint density at radius 1 is 1.02 bits per heavy atom. The van der Waals surface area contributed by atoms with Gasteiger partial charge in [0.25, 0.3) is 5.91 Å². The average molecular weight is 667 g/mol. The second-order valence-corrected chi connectivity index (χ2v) is 16.1. The summed E-state index contributed by atoms with van der Waals surface area (Å²) in [6.07, 6.45) is 2.99. The second kappa shape index (κ2) is 15.5. The lowest BCUT2D eigenvalue weighted by molar-refractivity contribution is -0.143. The van der Waals surface area contributed by atoms with Crippen LogP contribution in [0.3, 0.4) is 0 Å². The van der Waals surface area contributed by atoms with E-state index in [0.717, 1.165) is 74.6 Å². The molecule has 2 amide bonds. The van der Waals surface area contributed by atoms with E-state index < -0.39 is 9.84 Å². The molecule has 3 fully saturated rings. The van der Waals surface area contributed by atoms with E-state index in [2.05, 4.69) is 73.1 Å². The standard InChI is InChI=1S/C37H54N4O5S/c1-6-14-41-27(4)21-26(3)34(37(41)43)24-38-36(42)33-22-31(30-10-8-29(9-11-30)25-39-15-17-46-18-16-39)23-35(28(33)5)40(7-2)32-12-19-47(44,45)20-13-32/h8-11,22-23,26-27,32,34H,6-7,12-21,24-25H2,1-5H3,(H,38,42). The lowest BCUT2D eigenvalue weighted by Gasteiger charge is -2.41. The summed E-state index contributed by atoms with van der Waals surface area (Å²) in [7, 11) is -3.01. The van der Waals surface area contributed by atoms with Gasteiger partial charge in [0.15, 0.2) is 0 Å². The van der Waals surface area contributed by atoms with Gasteiger partial charge in [0, 0.05) is 62.6 Å². The minimum Gasteiger partial charge on any atom is -0.379 e. The molecule has 3 unspecified atom stereocenters. The van der Waals surface area contributed by atoms with Gasteiger partial charge in [-0.05, 0) is 86.8 Å². The molecular weight excluding hydrogens is 612 g/mol. The highest BCUT2D eigenvalue weighted by Crippen LogP contribution is 2.35. The third kappa shape index (κ3) is 8.38. The number of amides is 2. The van der Waals surface area contributed by atoms with Crippen LogP contribution in [-0.2, 0) is 25.9 Å². The van der Waals surface area contributed by atoms with Crippen molar-refractivity contribution in [3.63, 3.8) is 0 Å². The quantitative estimate of drug-likeness (QED) is 0.364. The van der Waals surface area contributed by atoms with Crippen LogP contribution in [0.25, 0.3) is 11.1 Å². The first-order valence-corrected chi connectivity index (χ1v) is 19.4. The van der Waals surface area contributed by atoms with Gasteiger partial charge in [-0.15, -0.1) is 0 Å². The van der Waals surface area contributed by atoms with Crippen molar-refractivity contribution in [1.82, 2.24) is 15.1 Å². The summed E-state index contributed by atoms with van der Waals surface area (Å²) in [5.41, 5.74) is 5.62. The largest absolute Gasteiger partial charge is 0.379 e. The van der Waals surface area contributed by atoms with Crippen molar-refractivity contribution in [3.8, 4) is 11.1 Å². The first kappa shape index (κ1) is 35.4. The number of benzene rings is 2. The lowest BCUT2D eigenvalue weighted by Crippen LogP contribution is -2.53. The number of hydrogen-bond acceptors (Lipinski definition) is 7. The Morgan fingerprint density at radius 3 is 2.34 bits per heavy atom. The second-order valence-electron chi connectivity index (χ2n) is 13.8. The third-order valence-electron chi connectivity index (χ3n) is 10.5. The van der Waals surface area contributed by atoms with Crippen LogP contribution in [0.5, 0.6) is 0 Å². The summed E-state index contributed by atoms with van der Waals surface area (Å²) < 4.78 is 30.0. The molecule has 258 valence electrons. The van der Waals surface area contributed by atoms with Crippen LogP contribution in [0.4, 0.5) is 5.69 Å². The number of piperidine rings is 1. The highest BCUT2D eigenvalue weighted by Gasteiger charge is 2.38. The molecule has 0 aromatic heterocycles. The van der Waals surface area contributed by atoms with Crippen LogP contribution in [0.1, 0.15) is 74.9 Å². The molecule has 3 heterocycles. The van der Waals surface area contributed by atoms with E-state index in [9.17, 15) is 18.0 Å². The molecule has 10 heteroatoms. The summed E-state index contributed by atoms with van der Waals surface area (Å²) in [6, 6.07) is 13.0. The van der Waals surface area contributed by atoms with E-state index in [0.29, 0.717) is 31.5 Å². The van der Waals surface area contributed by atoms with Crippen molar-refractivity contribution in [2.24, 2.45) is 11.8 Å². The Morgan fingerprint density at radius 2 is 1.70 bits per heavy atom. The fraction of sp³-hybridized carbons (Fsp3) is 0.622. The SMILES string of the molecule is CCCN1C(=O)C(CNC(=O)c2cc(-c3ccc(CN4CCOCC4)cc3)cc(N(CC)C3CCS(=O)(=O)CC3)c2C)C(C)CC1C. The van der Waals surface area contributed by atoms with Gasteiger partial charge in [0.05, 0.1) is 30.6 Å². The van der Waals surface area contributed by atoms with Crippen molar-refractivity contribution in [3.05, 3.63) is 53.1 Å². The number of nitrogens with zero attached hydrogens (tertiary/aromatic N) is 3. The number of carbonyl (C=O) groups excluding carboxylic acids is 2. The number of morpholine rings is 1. The van der Waals surface area contributed by atoms with Crippen molar-refractivity contribution in [1.29, 1.82) is 0 Å². The molecule has 5 rings (SSSR count). The summed E-state index contributed by atoms with van der Waals surface area (Å²) in [6.45, 7) is 16.4. The van der Waals surface area contributed by atoms with Gasteiger partial charge < -0.3 is 19.9 Å². The number of ether oxygens (including phenoxy) is 1. The fourth-order valence-electron chi connectivity index (χ4n) is 7.70. The van der Waals surface area contributed by atoms with Crippen LogP contribution < -0.4 is 10.2 Å². The smallest absolute Gasteiger partial charge is 0.251 e. The zero-order chi connectivity index (χ0) is 33.7. The van der Waals surface area contributed by atoms with E-state index in [4.69, 9.17) is 4.74 Å². The summed E-state index contributed by atoms with van der Waals surface area (Å²) >= 11 is 0. The molecule has 0 saturated carbocycles. The first-order valence-electron chi connectivity index (χ1n) is 17.6. The number of anilines is 1. The summed E-state index contributed by atoms with van der Waals surface area (Å²) in [5, 5.41) is 3.16. The number of sulfone groups is 1. The van der Waals surface area contributed by atoms with Crippen LogP contribution in [0.2, 0.25) is 0 Å². The molecule has 3 aliphatic heterocycles. The zero-order valence-corrected chi connectivity index (χ0v) is 29.8. The van der Waals surface area contributed by atoms with Gasteiger partial charge >= 0.3 is 0 Å². The van der Waals surface area contributed by atoms with Crippen LogP contribution in [-0.4, -0.2) is 99.6 Å². The summed E-state index contributed by atoms with van der Waals surface area (Å²) in [4.78, 5) is 34.2. The van der Waals surface area contributed by atoms with E-state index >= 15 is 0 Å². The minimum atomic E-state index is -3.01. The monoisotopic (exact) mass is 666 g/mol. The molecule has 1 N–H and O–H groups in total. The molecule has 47 heavy (non-hydrogen) atoms. The van der Waals surface area contributed by atoms with Gasteiger partial charge in [0.2, 0.25) is 5.91 Å². The van der Waals surface area contributed by atoms with Crippen LogP contribution in [0.15, 0.2) is 36.4 Å². The number of carbonyl (C=O) groups is 2. The van der Waals surface area contributed by atoms with Gasteiger partial charge in [-0.1, -0.05) is 38.1 Å². The number of hydrogen-bond donors (Lipinski definition) is 1. The molecule has 2 aromatic rings. The van der Waals surface area contributed by atoms with E-state index in [-0.39, 0.29) is 47.2 Å². The van der Waals surface area contributed by atoms with Gasteiger partial charge in [-0.25, -0.2) is 8.42 Å². The molecule has 0 spiro atoms. The van der Waals surface area contributed by atoms with Crippen molar-refractivity contribution >= 4 is 27.3 Å². The molecule has 3 saturated heterocycles. The maximum atomic E-state index is 14.0. The average Bonchev–Trinajstić information content (AvgIpc) is 3.05. The van der Waals surface area contributed by atoms with Gasteiger partial charge in [-0.2, -0.15) is 0 Å². The molecule has 2 aromatic carbocycles. The third-order valence-corrected chi connectivity index (χ3v) is 12.2. The Hall–Kier alpha value is -2.95. The Labute approximate surface area is 281 Å². The molecule has 3 aliphatic rings. The molecule has 3 atom stereocenters. The molecule has 0 bridgehead atoms. The van der Waals surface area contributed by atoms with Crippen LogP contribution >= 0.6 is 0 Å². The Kier molecular flexibility index (Phi) is 11.7. The minimum absolute atomic E-state index is 0.0801.